The van der Waals surface area contributed by atoms with Gasteiger partial charge >= 0.3 is 11.9 Å². The number of methoxy groups -OCH3 is 1. The molecule has 0 saturated carbocycles. The van der Waals surface area contributed by atoms with Crippen molar-refractivity contribution in [3.8, 4) is 11.3 Å². The lowest BCUT2D eigenvalue weighted by molar-refractivity contribution is 0.0586. The monoisotopic (exact) mass is 318 g/mol. The molecule has 6 nitrogen and oxygen atoms in total. The highest BCUT2D eigenvalue weighted by Crippen LogP contribution is 2.31. The number of ether oxygens (including phenoxy) is 1. The Bertz CT molecular complexity index is 759. The van der Waals surface area contributed by atoms with E-state index < -0.39 is 57.7 Å². The summed E-state index contributed by atoms with van der Waals surface area (Å²) in [5.74, 6) is -10.8. The van der Waals surface area contributed by atoms with Crippen LogP contribution in [-0.4, -0.2) is 34.4 Å². The first-order chi connectivity index (χ1) is 10.3. The summed E-state index contributed by atoms with van der Waals surface area (Å²) in [6, 6.07) is 0.681. The van der Waals surface area contributed by atoms with Crippen LogP contribution in [0.5, 0.6) is 0 Å². The van der Waals surface area contributed by atoms with Crippen molar-refractivity contribution in [1.29, 1.82) is 0 Å². The molecule has 1 aromatic carbocycles. The van der Waals surface area contributed by atoms with E-state index in [4.69, 9.17) is 5.11 Å². The minimum Gasteiger partial charge on any atom is -0.477 e. The number of hydrogen-bond acceptors (Lipinski definition) is 4. The third-order valence-electron chi connectivity index (χ3n) is 2.72. The van der Waals surface area contributed by atoms with Crippen molar-refractivity contribution in [2.75, 3.05) is 7.11 Å². The van der Waals surface area contributed by atoms with Gasteiger partial charge in [0.05, 0.1) is 18.4 Å². The average Bonchev–Trinajstić information content (AvgIpc) is 2.95. The predicted molar refractivity (Wildman–Crippen MR) is 62.2 cm³/mol. The molecule has 0 aliphatic rings. The zero-order chi connectivity index (χ0) is 16.6. The maximum absolute atomic E-state index is 13.9. The van der Waals surface area contributed by atoms with E-state index in [1.54, 1.807) is 0 Å². The molecule has 0 saturated heterocycles. The number of nitrogens with one attached hydrogen (secondary N) is 1. The molecule has 0 spiro atoms. The van der Waals surface area contributed by atoms with Crippen molar-refractivity contribution in [3.63, 3.8) is 0 Å². The van der Waals surface area contributed by atoms with E-state index in [-0.39, 0.29) is 0 Å². The molecule has 116 valence electrons. The molecule has 0 radical (unpaired) electrons. The number of esters is 1. The Morgan fingerprint density at radius 3 is 2.09 bits per heavy atom. The van der Waals surface area contributed by atoms with Gasteiger partial charge in [0.2, 0.25) is 0 Å². The van der Waals surface area contributed by atoms with E-state index in [1.807, 2.05) is 5.10 Å². The number of aromatic carboxylic acids is 1. The Morgan fingerprint density at radius 2 is 1.68 bits per heavy atom. The summed E-state index contributed by atoms with van der Waals surface area (Å²) in [5, 5.41) is 13.9. The van der Waals surface area contributed by atoms with Crippen LogP contribution in [0.3, 0.4) is 0 Å². The smallest absolute Gasteiger partial charge is 0.353 e. The first-order valence-electron chi connectivity index (χ1n) is 5.52. The van der Waals surface area contributed by atoms with Gasteiger partial charge in [-0.25, -0.2) is 27.2 Å². The number of H-pyrrole nitrogens is 1. The van der Waals surface area contributed by atoms with E-state index in [9.17, 15) is 27.2 Å². The number of aromatic nitrogens is 2. The number of halogens is 4. The molecule has 1 heterocycles. The van der Waals surface area contributed by atoms with Crippen molar-refractivity contribution in [2.24, 2.45) is 0 Å². The molecule has 0 fully saturated rings. The number of hydrogen-bond donors (Lipinski definition) is 2. The van der Waals surface area contributed by atoms with Crippen LogP contribution < -0.4 is 0 Å². The van der Waals surface area contributed by atoms with Gasteiger partial charge in [-0.05, 0) is 6.07 Å². The summed E-state index contributed by atoms with van der Waals surface area (Å²) in [4.78, 5) is 21.8. The lowest BCUT2D eigenvalue weighted by atomic mass is 10.0. The van der Waals surface area contributed by atoms with Gasteiger partial charge in [-0.1, -0.05) is 0 Å². The van der Waals surface area contributed by atoms with Gasteiger partial charge in [0.15, 0.2) is 23.3 Å². The Hall–Kier alpha value is -2.91. The van der Waals surface area contributed by atoms with E-state index in [1.165, 1.54) is 0 Å². The van der Waals surface area contributed by atoms with Gasteiger partial charge in [0, 0.05) is 0 Å². The van der Waals surface area contributed by atoms with Gasteiger partial charge in [-0.2, -0.15) is 5.10 Å². The van der Waals surface area contributed by atoms with E-state index in [0.29, 0.717) is 6.07 Å². The third kappa shape index (κ3) is 2.28. The molecule has 2 aromatic rings. The largest absolute Gasteiger partial charge is 0.477 e. The van der Waals surface area contributed by atoms with Crippen molar-refractivity contribution >= 4 is 11.9 Å². The number of carboxylic acid groups (broad SMARTS) is 1. The molecule has 0 unspecified atom stereocenters. The van der Waals surface area contributed by atoms with Gasteiger partial charge in [-0.15, -0.1) is 0 Å². The second kappa shape index (κ2) is 5.47. The summed E-state index contributed by atoms with van der Waals surface area (Å²) in [5.41, 5.74) is -4.00. The lowest BCUT2D eigenvalue weighted by Gasteiger charge is -2.09. The van der Waals surface area contributed by atoms with Crippen LogP contribution in [0.15, 0.2) is 6.07 Å². The topological polar surface area (TPSA) is 92.3 Å². The quantitative estimate of drug-likeness (QED) is 0.514. The highest BCUT2D eigenvalue weighted by Gasteiger charge is 2.31. The normalized spacial score (nSPS) is 10.6. The van der Waals surface area contributed by atoms with Crippen LogP contribution in [0.1, 0.15) is 20.8 Å². The van der Waals surface area contributed by atoms with Crippen LogP contribution >= 0.6 is 0 Å². The van der Waals surface area contributed by atoms with Crippen molar-refractivity contribution in [3.05, 3.63) is 40.6 Å². The fraction of sp³-hybridized carbons (Fsp3) is 0.0833. The second-order valence-corrected chi connectivity index (χ2v) is 3.97. The molecule has 0 aliphatic heterocycles. The highest BCUT2D eigenvalue weighted by atomic mass is 19.2. The molecule has 2 N–H and O–H groups in total. The SMILES string of the molecule is COC(=O)c1c(F)c(F)c(-c2cc(C(=O)O)[nH]n2)c(F)c1F. The number of nitrogens with zero attached hydrogens (tertiary/aromatic N) is 1. The summed E-state index contributed by atoms with van der Waals surface area (Å²) in [7, 11) is 0.776. The maximum atomic E-state index is 13.9. The molecule has 10 heteroatoms. The molecule has 2 rings (SSSR count). The van der Waals surface area contributed by atoms with Crippen molar-refractivity contribution in [2.45, 2.75) is 0 Å². The Balaban J connectivity index is 2.72. The molecule has 1 aromatic heterocycles. The Morgan fingerprint density at radius 1 is 1.14 bits per heavy atom. The summed E-state index contributed by atoms with van der Waals surface area (Å²) in [6.07, 6.45) is 0. The first-order valence-corrected chi connectivity index (χ1v) is 5.52. The fourth-order valence-electron chi connectivity index (χ4n) is 1.70. The summed E-state index contributed by atoms with van der Waals surface area (Å²) >= 11 is 0. The van der Waals surface area contributed by atoms with Gasteiger partial charge in [-0.3, -0.25) is 5.10 Å². The van der Waals surface area contributed by atoms with Crippen molar-refractivity contribution < 1.29 is 37.0 Å². The summed E-state index contributed by atoms with van der Waals surface area (Å²) in [6.45, 7) is 0. The van der Waals surface area contributed by atoms with Gasteiger partial charge in [0.1, 0.15) is 11.3 Å². The Kier molecular flexibility index (Phi) is 3.85. The molecular formula is C12H6F4N2O4. The van der Waals surface area contributed by atoms with Crippen LogP contribution in [0.2, 0.25) is 0 Å². The second-order valence-electron chi connectivity index (χ2n) is 3.97. The van der Waals surface area contributed by atoms with E-state index in [0.717, 1.165) is 7.11 Å². The number of rotatable bonds is 3. The van der Waals surface area contributed by atoms with Crippen LogP contribution in [0, 0.1) is 23.3 Å². The van der Waals surface area contributed by atoms with Gasteiger partial charge in [0.25, 0.3) is 0 Å². The highest BCUT2D eigenvalue weighted by molar-refractivity contribution is 5.91. The van der Waals surface area contributed by atoms with Crippen LogP contribution in [-0.2, 0) is 4.74 Å². The van der Waals surface area contributed by atoms with Crippen LogP contribution in [0.25, 0.3) is 11.3 Å². The molecule has 0 aliphatic carbocycles. The van der Waals surface area contributed by atoms with Gasteiger partial charge < -0.3 is 9.84 Å². The first kappa shape index (κ1) is 15.5. The predicted octanol–water partition coefficient (Wildman–Crippen LogP) is 2.12. The number of aromatic amines is 1. The van der Waals surface area contributed by atoms with E-state index >= 15 is 0 Å². The zero-order valence-corrected chi connectivity index (χ0v) is 10.7. The summed E-state index contributed by atoms with van der Waals surface area (Å²) < 4.78 is 59.4. The minimum absolute atomic E-state index is 0.549. The fourth-order valence-corrected chi connectivity index (χ4v) is 1.70. The standard InChI is InChI=1S/C12H6F4N2O4/c1-22-12(21)6-9(15)7(13)5(8(14)10(6)16)3-2-4(11(19)20)18-17-3/h2H,1H3,(H,17,18)(H,19,20). The third-order valence-corrected chi connectivity index (χ3v) is 2.72. The number of carbonyl (C=O) groups excluding carboxylic acids is 1. The Labute approximate surface area is 119 Å². The molecule has 0 bridgehead atoms. The minimum atomic E-state index is -1.97. The number of benzene rings is 1. The lowest BCUT2D eigenvalue weighted by Crippen LogP contribution is -2.13. The molecular weight excluding hydrogens is 312 g/mol. The number of carboxylic acids is 1. The maximum Gasteiger partial charge on any atom is 0.353 e. The molecule has 0 atom stereocenters. The molecule has 22 heavy (non-hydrogen) atoms. The molecule has 0 amide bonds. The average molecular weight is 318 g/mol. The van der Waals surface area contributed by atoms with Crippen molar-refractivity contribution in [1.82, 2.24) is 10.2 Å². The zero-order valence-electron chi connectivity index (χ0n) is 10.7. The number of carbonyl (C=O) groups is 2. The van der Waals surface area contributed by atoms with Crippen LogP contribution in [0.4, 0.5) is 17.6 Å². The van der Waals surface area contributed by atoms with E-state index in [2.05, 4.69) is 9.84 Å².